The first-order valence-corrected chi connectivity index (χ1v) is 7.60. The normalized spacial score (nSPS) is 21.9. The average Bonchev–Trinajstić information content (AvgIpc) is 3.12. The van der Waals surface area contributed by atoms with Gasteiger partial charge in [0, 0.05) is 25.0 Å². The lowest BCUT2D eigenvalue weighted by molar-refractivity contribution is 0.0914. The van der Waals surface area contributed by atoms with Crippen LogP contribution in [0.15, 0.2) is 41.1 Å². The van der Waals surface area contributed by atoms with Gasteiger partial charge in [-0.1, -0.05) is 6.07 Å². The summed E-state index contributed by atoms with van der Waals surface area (Å²) in [6.45, 7) is 3.50. The molecule has 3 heterocycles. The second-order valence-electron chi connectivity index (χ2n) is 5.88. The molecule has 3 rings (SSSR count). The predicted molar refractivity (Wildman–Crippen MR) is 83.5 cm³/mol. The molecule has 1 N–H and O–H groups in total. The van der Waals surface area contributed by atoms with Crippen LogP contribution < -0.4 is 5.32 Å². The fraction of sp³-hybridized carbons (Fsp3) is 0.412. The van der Waals surface area contributed by atoms with Crippen LogP contribution in [0.1, 0.15) is 34.3 Å². The Morgan fingerprint density at radius 1 is 1.45 bits per heavy atom. The highest BCUT2D eigenvalue weighted by atomic mass is 16.3. The van der Waals surface area contributed by atoms with E-state index in [9.17, 15) is 4.79 Å². The molecule has 5 nitrogen and oxygen atoms in total. The standard InChI is InChI=1S/C17H21N3O2/c1-12-5-6-15(22-12)17(21)19-11-14-7-9-20(2)16(14)13-4-3-8-18-10-13/h3-6,8,10,14,16H,7,9,11H2,1-2H3,(H,19,21)/t14-,16-/m0/s1. The summed E-state index contributed by atoms with van der Waals surface area (Å²) in [6, 6.07) is 7.88. The number of nitrogens with zero attached hydrogens (tertiary/aromatic N) is 2. The van der Waals surface area contributed by atoms with Gasteiger partial charge >= 0.3 is 0 Å². The summed E-state index contributed by atoms with van der Waals surface area (Å²) in [5.74, 6) is 1.36. The molecular weight excluding hydrogens is 278 g/mol. The number of amides is 1. The Bertz CT molecular complexity index is 638. The van der Waals surface area contributed by atoms with Gasteiger partial charge in [0.1, 0.15) is 5.76 Å². The van der Waals surface area contributed by atoms with Gasteiger partial charge in [-0.3, -0.25) is 14.7 Å². The van der Waals surface area contributed by atoms with Crippen molar-refractivity contribution in [3.8, 4) is 0 Å². The third-order valence-electron chi connectivity index (χ3n) is 4.29. The molecule has 1 aliphatic heterocycles. The SMILES string of the molecule is Cc1ccc(C(=O)NC[C@@H]2CCN(C)[C@H]2c2cccnc2)o1. The number of likely N-dealkylation sites (tertiary alicyclic amines) is 1. The number of nitrogens with one attached hydrogen (secondary N) is 1. The number of furan rings is 1. The van der Waals surface area contributed by atoms with Crippen LogP contribution >= 0.6 is 0 Å². The van der Waals surface area contributed by atoms with E-state index >= 15 is 0 Å². The number of pyridine rings is 1. The first kappa shape index (κ1) is 14.8. The molecule has 0 unspecified atom stereocenters. The van der Waals surface area contributed by atoms with Crippen molar-refractivity contribution in [1.29, 1.82) is 0 Å². The fourth-order valence-electron chi connectivity index (χ4n) is 3.19. The molecule has 2 atom stereocenters. The summed E-state index contributed by atoms with van der Waals surface area (Å²) >= 11 is 0. The molecule has 5 heteroatoms. The molecule has 2 aromatic rings. The van der Waals surface area contributed by atoms with E-state index < -0.39 is 0 Å². The summed E-state index contributed by atoms with van der Waals surface area (Å²) in [4.78, 5) is 18.6. The second-order valence-corrected chi connectivity index (χ2v) is 5.88. The molecule has 1 aliphatic rings. The zero-order valence-electron chi connectivity index (χ0n) is 13.0. The molecule has 1 amide bonds. The minimum atomic E-state index is -0.146. The molecule has 1 saturated heterocycles. The van der Waals surface area contributed by atoms with Crippen LogP contribution in [-0.2, 0) is 0 Å². The summed E-state index contributed by atoms with van der Waals surface area (Å²) < 4.78 is 5.36. The van der Waals surface area contributed by atoms with Crippen LogP contribution in [0.2, 0.25) is 0 Å². The number of carbonyl (C=O) groups is 1. The first-order valence-electron chi connectivity index (χ1n) is 7.60. The minimum absolute atomic E-state index is 0.146. The molecule has 0 radical (unpaired) electrons. The van der Waals surface area contributed by atoms with E-state index in [4.69, 9.17) is 4.42 Å². The highest BCUT2D eigenvalue weighted by Crippen LogP contribution is 2.35. The van der Waals surface area contributed by atoms with Gasteiger partial charge in [-0.15, -0.1) is 0 Å². The van der Waals surface area contributed by atoms with E-state index in [2.05, 4.69) is 28.3 Å². The molecular formula is C17H21N3O2. The smallest absolute Gasteiger partial charge is 0.287 e. The lowest BCUT2D eigenvalue weighted by Gasteiger charge is -2.25. The topological polar surface area (TPSA) is 58.4 Å². The Morgan fingerprint density at radius 2 is 2.32 bits per heavy atom. The maximum absolute atomic E-state index is 12.1. The molecule has 116 valence electrons. The van der Waals surface area contributed by atoms with Crippen molar-refractivity contribution < 1.29 is 9.21 Å². The van der Waals surface area contributed by atoms with Crippen LogP contribution in [0.3, 0.4) is 0 Å². The van der Waals surface area contributed by atoms with Crippen molar-refractivity contribution in [2.24, 2.45) is 5.92 Å². The van der Waals surface area contributed by atoms with Crippen LogP contribution in [0.5, 0.6) is 0 Å². The van der Waals surface area contributed by atoms with Crippen LogP contribution in [-0.4, -0.2) is 35.9 Å². The Labute approximate surface area is 130 Å². The molecule has 0 saturated carbocycles. The molecule has 22 heavy (non-hydrogen) atoms. The fourth-order valence-corrected chi connectivity index (χ4v) is 3.19. The van der Waals surface area contributed by atoms with Crippen molar-refractivity contribution >= 4 is 5.91 Å². The molecule has 1 fully saturated rings. The summed E-state index contributed by atoms with van der Waals surface area (Å²) in [6.07, 6.45) is 4.76. The lowest BCUT2D eigenvalue weighted by Crippen LogP contribution is -2.32. The van der Waals surface area contributed by atoms with Gasteiger partial charge in [0.25, 0.3) is 5.91 Å². The molecule has 0 spiro atoms. The molecule has 0 bridgehead atoms. The Hall–Kier alpha value is -2.14. The van der Waals surface area contributed by atoms with E-state index in [1.807, 2.05) is 19.2 Å². The molecule has 0 aliphatic carbocycles. The zero-order chi connectivity index (χ0) is 15.5. The maximum Gasteiger partial charge on any atom is 0.287 e. The average molecular weight is 299 g/mol. The summed E-state index contributed by atoms with van der Waals surface area (Å²) in [5.41, 5.74) is 1.20. The van der Waals surface area contributed by atoms with Crippen LogP contribution in [0.25, 0.3) is 0 Å². The van der Waals surface area contributed by atoms with E-state index in [1.165, 1.54) is 5.56 Å². The van der Waals surface area contributed by atoms with Crippen molar-refractivity contribution in [3.05, 3.63) is 53.7 Å². The highest BCUT2D eigenvalue weighted by molar-refractivity contribution is 5.91. The minimum Gasteiger partial charge on any atom is -0.456 e. The van der Waals surface area contributed by atoms with E-state index in [0.717, 1.165) is 18.7 Å². The largest absolute Gasteiger partial charge is 0.456 e. The lowest BCUT2D eigenvalue weighted by atomic mass is 9.95. The monoisotopic (exact) mass is 299 g/mol. The van der Waals surface area contributed by atoms with E-state index in [0.29, 0.717) is 24.3 Å². The van der Waals surface area contributed by atoms with Gasteiger partial charge in [0.2, 0.25) is 0 Å². The number of rotatable bonds is 4. The van der Waals surface area contributed by atoms with Crippen molar-refractivity contribution in [2.75, 3.05) is 20.1 Å². The highest BCUT2D eigenvalue weighted by Gasteiger charge is 2.33. The summed E-state index contributed by atoms with van der Waals surface area (Å²) in [5, 5.41) is 2.99. The Balaban J connectivity index is 1.65. The van der Waals surface area contributed by atoms with E-state index in [-0.39, 0.29) is 5.91 Å². The zero-order valence-corrected chi connectivity index (χ0v) is 13.0. The Morgan fingerprint density at radius 3 is 3.00 bits per heavy atom. The number of hydrogen-bond donors (Lipinski definition) is 1. The molecule has 0 aromatic carbocycles. The summed E-state index contributed by atoms with van der Waals surface area (Å²) in [7, 11) is 2.12. The third-order valence-corrected chi connectivity index (χ3v) is 4.29. The van der Waals surface area contributed by atoms with Gasteiger partial charge in [0.05, 0.1) is 0 Å². The number of aryl methyl sites for hydroxylation is 1. The molecule has 2 aromatic heterocycles. The van der Waals surface area contributed by atoms with Crippen LogP contribution in [0, 0.1) is 12.8 Å². The quantitative estimate of drug-likeness (QED) is 0.942. The number of carbonyl (C=O) groups excluding carboxylic acids is 1. The van der Waals surface area contributed by atoms with Crippen molar-refractivity contribution in [2.45, 2.75) is 19.4 Å². The van der Waals surface area contributed by atoms with E-state index in [1.54, 1.807) is 18.3 Å². The predicted octanol–water partition coefficient (Wildman–Crippen LogP) is 2.41. The van der Waals surface area contributed by atoms with Crippen molar-refractivity contribution in [1.82, 2.24) is 15.2 Å². The number of aromatic nitrogens is 1. The van der Waals surface area contributed by atoms with Gasteiger partial charge in [-0.05, 0) is 56.6 Å². The third kappa shape index (κ3) is 3.04. The number of hydrogen-bond acceptors (Lipinski definition) is 4. The maximum atomic E-state index is 12.1. The Kier molecular flexibility index (Phi) is 4.24. The second kappa shape index (κ2) is 6.32. The first-order chi connectivity index (χ1) is 10.6. The van der Waals surface area contributed by atoms with Gasteiger partial charge in [-0.2, -0.15) is 0 Å². The van der Waals surface area contributed by atoms with Gasteiger partial charge < -0.3 is 9.73 Å². The van der Waals surface area contributed by atoms with Gasteiger partial charge in [0.15, 0.2) is 5.76 Å². The van der Waals surface area contributed by atoms with Crippen molar-refractivity contribution in [3.63, 3.8) is 0 Å². The van der Waals surface area contributed by atoms with Crippen LogP contribution in [0.4, 0.5) is 0 Å². The van der Waals surface area contributed by atoms with Gasteiger partial charge in [-0.25, -0.2) is 0 Å².